The summed E-state index contributed by atoms with van der Waals surface area (Å²) in [6.45, 7) is 0. The molecule has 13 rings (SSSR count). The molecule has 0 amide bonds. The fourth-order valence-corrected chi connectivity index (χ4v) is 10.3. The summed E-state index contributed by atoms with van der Waals surface area (Å²) in [5, 5.41) is 17.0. The minimum atomic E-state index is 0.923. The van der Waals surface area contributed by atoms with E-state index in [1.807, 2.05) is 0 Å². The van der Waals surface area contributed by atoms with Crippen LogP contribution < -0.4 is 0 Å². The summed E-state index contributed by atoms with van der Waals surface area (Å²) < 4.78 is 6.93. The molecule has 0 aliphatic rings. The van der Waals surface area contributed by atoms with Crippen molar-refractivity contribution in [1.82, 2.24) is 0 Å². The molecule has 0 spiro atoms. The highest BCUT2D eigenvalue weighted by atomic mass is 16.3. The third kappa shape index (κ3) is 5.08. The first-order valence-electron chi connectivity index (χ1n) is 21.1. The van der Waals surface area contributed by atoms with E-state index in [-0.39, 0.29) is 0 Å². The fourth-order valence-electron chi connectivity index (χ4n) is 10.3. The van der Waals surface area contributed by atoms with Gasteiger partial charge in [-0.2, -0.15) is 0 Å². The van der Waals surface area contributed by atoms with Crippen molar-refractivity contribution in [2.45, 2.75) is 0 Å². The molecule has 0 bridgehead atoms. The molecule has 12 aromatic carbocycles. The molecular formula is C60H36O. The molecule has 0 saturated carbocycles. The SMILES string of the molecule is c1ccc(-c2ccc(-c3c4ccccc4c(-c4cc5c6ccccc6c(-c6cccc7c6oc6c8ccccc8ccc76)cc5c5ccccc45)c4ccccc34)cc2)cc1. The van der Waals surface area contributed by atoms with Gasteiger partial charge in [-0.25, -0.2) is 0 Å². The summed E-state index contributed by atoms with van der Waals surface area (Å²) in [5.41, 5.74) is 11.6. The van der Waals surface area contributed by atoms with Crippen molar-refractivity contribution in [2.75, 3.05) is 0 Å². The van der Waals surface area contributed by atoms with Crippen LogP contribution in [0.2, 0.25) is 0 Å². The van der Waals surface area contributed by atoms with Crippen LogP contribution >= 0.6 is 0 Å². The maximum absolute atomic E-state index is 6.93. The van der Waals surface area contributed by atoms with Crippen LogP contribution in [-0.4, -0.2) is 0 Å². The number of hydrogen-bond acceptors (Lipinski definition) is 1. The van der Waals surface area contributed by atoms with Crippen LogP contribution in [0.1, 0.15) is 0 Å². The van der Waals surface area contributed by atoms with Gasteiger partial charge in [-0.1, -0.05) is 200 Å². The number of furan rings is 1. The molecule has 0 saturated heterocycles. The first kappa shape index (κ1) is 33.9. The van der Waals surface area contributed by atoms with E-state index in [1.54, 1.807) is 0 Å². The van der Waals surface area contributed by atoms with Crippen LogP contribution in [0.3, 0.4) is 0 Å². The van der Waals surface area contributed by atoms with Gasteiger partial charge in [0, 0.05) is 21.7 Å². The topological polar surface area (TPSA) is 13.1 Å². The lowest BCUT2D eigenvalue weighted by atomic mass is 9.82. The standard InChI is InChI=1S/C60H36O/c1-2-15-37(16-3-1)38-29-31-40(32-30-38)57-46-23-10-12-25-48(46)58(49-26-13-11-24-47(49)57)56-36-55-43-20-7-6-19-42(43)53(35-54(55)44-21-8-9-22-45(44)56)51-28-14-27-50-52-34-33-39-17-4-5-18-41(39)59(52)61-60(50)51/h1-36H. The molecule has 0 fully saturated rings. The maximum Gasteiger partial charge on any atom is 0.143 e. The fraction of sp³-hybridized carbons (Fsp3) is 0. The van der Waals surface area contributed by atoms with Crippen molar-refractivity contribution in [3.05, 3.63) is 218 Å². The summed E-state index contributed by atoms with van der Waals surface area (Å²) in [6.07, 6.45) is 0. The van der Waals surface area contributed by atoms with Crippen LogP contribution in [0.5, 0.6) is 0 Å². The lowest BCUT2D eigenvalue weighted by Crippen LogP contribution is -1.93. The summed E-state index contributed by atoms with van der Waals surface area (Å²) >= 11 is 0. The molecule has 0 aliphatic carbocycles. The Morgan fingerprint density at radius 2 is 0.672 bits per heavy atom. The Hall–Kier alpha value is -8.00. The highest BCUT2D eigenvalue weighted by molar-refractivity contribution is 6.29. The van der Waals surface area contributed by atoms with Crippen molar-refractivity contribution in [3.63, 3.8) is 0 Å². The number of benzene rings is 12. The Kier molecular flexibility index (Phi) is 7.37. The molecule has 282 valence electrons. The first-order valence-corrected chi connectivity index (χ1v) is 21.1. The summed E-state index contributed by atoms with van der Waals surface area (Å²) in [6, 6.07) is 80.0. The summed E-state index contributed by atoms with van der Waals surface area (Å²) in [5.74, 6) is 0. The Morgan fingerprint density at radius 3 is 1.33 bits per heavy atom. The highest BCUT2D eigenvalue weighted by Gasteiger charge is 2.22. The van der Waals surface area contributed by atoms with Gasteiger partial charge in [-0.15, -0.1) is 0 Å². The molecule has 1 nitrogen and oxygen atoms in total. The molecule has 1 heterocycles. The van der Waals surface area contributed by atoms with E-state index in [0.717, 1.165) is 32.9 Å². The lowest BCUT2D eigenvalue weighted by Gasteiger charge is -2.20. The minimum absolute atomic E-state index is 0.923. The van der Waals surface area contributed by atoms with Gasteiger partial charge in [-0.3, -0.25) is 0 Å². The second-order valence-electron chi connectivity index (χ2n) is 16.3. The molecule has 0 radical (unpaired) electrons. The van der Waals surface area contributed by atoms with Crippen LogP contribution in [-0.2, 0) is 0 Å². The molecule has 0 atom stereocenters. The van der Waals surface area contributed by atoms with Crippen molar-refractivity contribution in [1.29, 1.82) is 0 Å². The average molecular weight is 773 g/mol. The smallest absolute Gasteiger partial charge is 0.143 e. The largest absolute Gasteiger partial charge is 0.455 e. The predicted molar refractivity (Wildman–Crippen MR) is 260 cm³/mol. The van der Waals surface area contributed by atoms with Gasteiger partial charge in [0.25, 0.3) is 0 Å². The second kappa shape index (κ2) is 13.3. The third-order valence-electron chi connectivity index (χ3n) is 13.0. The van der Waals surface area contributed by atoms with Gasteiger partial charge in [0.05, 0.1) is 0 Å². The van der Waals surface area contributed by atoms with E-state index < -0.39 is 0 Å². The van der Waals surface area contributed by atoms with Crippen molar-refractivity contribution in [3.8, 4) is 44.5 Å². The van der Waals surface area contributed by atoms with Gasteiger partial charge in [-0.05, 0) is 116 Å². The number of rotatable bonds is 4. The van der Waals surface area contributed by atoms with Gasteiger partial charge >= 0.3 is 0 Å². The van der Waals surface area contributed by atoms with E-state index in [0.29, 0.717) is 0 Å². The lowest BCUT2D eigenvalue weighted by molar-refractivity contribution is 0.674. The van der Waals surface area contributed by atoms with Crippen molar-refractivity contribution in [2.24, 2.45) is 0 Å². The zero-order chi connectivity index (χ0) is 40.0. The minimum Gasteiger partial charge on any atom is -0.455 e. The maximum atomic E-state index is 6.93. The highest BCUT2D eigenvalue weighted by Crippen LogP contribution is 2.49. The van der Waals surface area contributed by atoms with E-state index in [9.17, 15) is 0 Å². The Labute approximate surface area is 352 Å². The summed E-state index contributed by atoms with van der Waals surface area (Å²) in [4.78, 5) is 0. The van der Waals surface area contributed by atoms with Gasteiger partial charge in [0.1, 0.15) is 11.2 Å². The molecular weight excluding hydrogens is 737 g/mol. The van der Waals surface area contributed by atoms with E-state index in [1.165, 1.54) is 98.2 Å². The first-order chi connectivity index (χ1) is 30.3. The van der Waals surface area contributed by atoms with Crippen molar-refractivity contribution >= 4 is 86.6 Å². The van der Waals surface area contributed by atoms with Crippen LogP contribution in [0, 0.1) is 0 Å². The molecule has 0 unspecified atom stereocenters. The Bertz CT molecular complexity index is 3850. The second-order valence-corrected chi connectivity index (χ2v) is 16.3. The predicted octanol–water partition coefficient (Wildman–Crippen LogP) is 17.2. The third-order valence-corrected chi connectivity index (χ3v) is 13.0. The van der Waals surface area contributed by atoms with Gasteiger partial charge in [0.15, 0.2) is 0 Å². The summed E-state index contributed by atoms with van der Waals surface area (Å²) in [7, 11) is 0. The average Bonchev–Trinajstić information content (AvgIpc) is 3.73. The number of para-hydroxylation sites is 1. The molecule has 0 N–H and O–H groups in total. The normalized spacial score (nSPS) is 11.9. The monoisotopic (exact) mass is 772 g/mol. The van der Waals surface area contributed by atoms with Crippen LogP contribution in [0.25, 0.3) is 131 Å². The number of fused-ring (bicyclic) bond motifs is 12. The Morgan fingerprint density at radius 1 is 0.213 bits per heavy atom. The Balaban J connectivity index is 1.08. The van der Waals surface area contributed by atoms with Crippen molar-refractivity contribution < 1.29 is 4.42 Å². The van der Waals surface area contributed by atoms with Gasteiger partial charge in [0.2, 0.25) is 0 Å². The zero-order valence-electron chi connectivity index (χ0n) is 33.2. The van der Waals surface area contributed by atoms with E-state index >= 15 is 0 Å². The number of hydrogen-bond donors (Lipinski definition) is 0. The quantitative estimate of drug-likeness (QED) is 0.128. The molecule has 1 aromatic heterocycles. The van der Waals surface area contributed by atoms with E-state index in [4.69, 9.17) is 4.42 Å². The molecule has 61 heavy (non-hydrogen) atoms. The molecule has 0 aliphatic heterocycles. The van der Waals surface area contributed by atoms with E-state index in [2.05, 4.69) is 218 Å². The molecule has 13 aromatic rings. The molecule has 1 heteroatoms. The zero-order valence-corrected chi connectivity index (χ0v) is 33.2. The van der Waals surface area contributed by atoms with Crippen LogP contribution in [0.4, 0.5) is 0 Å². The van der Waals surface area contributed by atoms with Crippen LogP contribution in [0.15, 0.2) is 223 Å². The van der Waals surface area contributed by atoms with Gasteiger partial charge < -0.3 is 4.42 Å².